The first-order valence-corrected chi connectivity index (χ1v) is 11.1. The van der Waals surface area contributed by atoms with E-state index in [-0.39, 0.29) is 30.3 Å². The third-order valence-electron chi connectivity index (χ3n) is 4.81. The topological polar surface area (TPSA) is 138 Å². The first-order valence-electron chi connectivity index (χ1n) is 10.1. The number of ether oxygens (including phenoxy) is 1. The van der Waals surface area contributed by atoms with Crippen molar-refractivity contribution in [3.63, 3.8) is 0 Å². The Morgan fingerprint density at radius 2 is 2.00 bits per heavy atom. The van der Waals surface area contributed by atoms with Crippen LogP contribution in [0, 0.1) is 6.92 Å². The second-order valence-corrected chi connectivity index (χ2v) is 8.15. The summed E-state index contributed by atoms with van der Waals surface area (Å²) in [5, 5.41) is 9.15. The van der Waals surface area contributed by atoms with Crippen LogP contribution in [0.3, 0.4) is 0 Å². The van der Waals surface area contributed by atoms with Crippen LogP contribution in [0.15, 0.2) is 39.0 Å². The molecular formula is C21H26N6O4S. The average molecular weight is 459 g/mol. The lowest BCUT2D eigenvalue weighted by Gasteiger charge is -2.12. The number of carbonyl (C=O) groups is 1. The molecule has 0 fully saturated rings. The number of thioether (sulfide) groups is 1. The van der Waals surface area contributed by atoms with Crippen molar-refractivity contribution in [2.45, 2.75) is 38.5 Å². The lowest BCUT2D eigenvalue weighted by atomic mass is 10.1. The van der Waals surface area contributed by atoms with E-state index in [1.165, 1.54) is 18.9 Å². The summed E-state index contributed by atoms with van der Waals surface area (Å²) in [4.78, 5) is 39.3. The van der Waals surface area contributed by atoms with Crippen molar-refractivity contribution in [3.8, 4) is 11.4 Å². The van der Waals surface area contributed by atoms with E-state index >= 15 is 0 Å². The Kier molecular flexibility index (Phi) is 7.65. The molecule has 3 rings (SSSR count). The van der Waals surface area contributed by atoms with Gasteiger partial charge in [0.1, 0.15) is 11.4 Å². The van der Waals surface area contributed by atoms with Gasteiger partial charge in [-0.25, -0.2) is 4.79 Å². The molecule has 0 amide bonds. The number of rotatable bonds is 10. The molecule has 0 unspecified atom stereocenters. The third-order valence-corrected chi connectivity index (χ3v) is 5.78. The number of aromatic amines is 1. The summed E-state index contributed by atoms with van der Waals surface area (Å²) in [6, 6.07) is 7.96. The van der Waals surface area contributed by atoms with Crippen LogP contribution >= 0.6 is 11.8 Å². The van der Waals surface area contributed by atoms with Crippen molar-refractivity contribution in [2.24, 2.45) is 0 Å². The first kappa shape index (κ1) is 23.5. The number of carbonyl (C=O) groups excluding carboxylic acids is 1. The zero-order valence-electron chi connectivity index (χ0n) is 18.3. The maximum absolute atomic E-state index is 12.9. The molecule has 0 saturated heterocycles. The maximum atomic E-state index is 12.9. The molecule has 0 saturated carbocycles. The minimum absolute atomic E-state index is 0.0779. The van der Waals surface area contributed by atoms with Gasteiger partial charge in [-0.15, -0.1) is 10.2 Å². The molecule has 3 aromatic rings. The monoisotopic (exact) mass is 458 g/mol. The zero-order chi connectivity index (χ0) is 23.3. The highest BCUT2D eigenvalue weighted by Gasteiger charge is 2.21. The van der Waals surface area contributed by atoms with E-state index in [9.17, 15) is 14.4 Å². The molecule has 2 aromatic heterocycles. The molecule has 2 heterocycles. The van der Waals surface area contributed by atoms with E-state index in [0.29, 0.717) is 11.7 Å². The van der Waals surface area contributed by atoms with Crippen molar-refractivity contribution >= 4 is 23.4 Å². The van der Waals surface area contributed by atoms with E-state index < -0.39 is 17.0 Å². The largest absolute Gasteiger partial charge is 0.384 e. The van der Waals surface area contributed by atoms with Crippen molar-refractivity contribution in [1.82, 2.24) is 24.3 Å². The number of H-pyrrole nitrogens is 1. The van der Waals surface area contributed by atoms with Crippen LogP contribution in [0.2, 0.25) is 0 Å². The van der Waals surface area contributed by atoms with E-state index in [1.807, 2.05) is 42.7 Å². The molecule has 3 N–H and O–H groups in total. The lowest BCUT2D eigenvalue weighted by molar-refractivity contribution is 0.102. The summed E-state index contributed by atoms with van der Waals surface area (Å²) in [6.07, 6.45) is 0.857. The highest BCUT2D eigenvalue weighted by atomic mass is 32.2. The van der Waals surface area contributed by atoms with E-state index in [4.69, 9.17) is 10.5 Å². The first-order chi connectivity index (χ1) is 15.4. The summed E-state index contributed by atoms with van der Waals surface area (Å²) in [5.74, 6) is -0.0262. The molecule has 0 aliphatic heterocycles. The number of benzene rings is 1. The number of hydrogen-bond acceptors (Lipinski definition) is 8. The maximum Gasteiger partial charge on any atom is 0.330 e. The predicted octanol–water partition coefficient (Wildman–Crippen LogP) is 1.72. The number of nitrogens with two attached hydrogens (primary N) is 1. The SMILES string of the molecule is CCCn1c(SCC(=O)c2c(N)n(CCOC)c(=O)[nH]c2=O)nnc1-c1cccc(C)c1. The Hall–Kier alpha value is -3.18. The zero-order valence-corrected chi connectivity index (χ0v) is 19.1. The lowest BCUT2D eigenvalue weighted by Crippen LogP contribution is -2.37. The fourth-order valence-corrected chi connectivity index (χ4v) is 4.12. The number of methoxy groups -OCH3 is 1. The van der Waals surface area contributed by atoms with Crippen molar-refractivity contribution < 1.29 is 9.53 Å². The number of aromatic nitrogens is 5. The summed E-state index contributed by atoms with van der Waals surface area (Å²) < 4.78 is 8.04. The number of hydrogen-bond donors (Lipinski definition) is 2. The molecule has 0 aliphatic carbocycles. The molecular weight excluding hydrogens is 432 g/mol. The van der Waals surface area contributed by atoms with E-state index in [0.717, 1.165) is 27.9 Å². The molecule has 0 spiro atoms. The van der Waals surface area contributed by atoms with Crippen LogP contribution in [0.5, 0.6) is 0 Å². The van der Waals surface area contributed by atoms with Crippen molar-refractivity contribution in [2.75, 3.05) is 25.2 Å². The molecule has 0 atom stereocenters. The molecule has 1 aromatic carbocycles. The Balaban J connectivity index is 1.87. The van der Waals surface area contributed by atoms with Gasteiger partial charge in [0.15, 0.2) is 16.8 Å². The minimum atomic E-state index is -0.803. The fourth-order valence-electron chi connectivity index (χ4n) is 3.28. The van der Waals surface area contributed by atoms with Crippen LogP contribution < -0.4 is 17.0 Å². The van der Waals surface area contributed by atoms with Gasteiger partial charge >= 0.3 is 5.69 Å². The minimum Gasteiger partial charge on any atom is -0.384 e. The number of anilines is 1. The van der Waals surface area contributed by atoms with Gasteiger partial charge in [-0.05, 0) is 19.4 Å². The van der Waals surface area contributed by atoms with Crippen molar-refractivity contribution in [3.05, 3.63) is 56.2 Å². The fraction of sp³-hybridized carbons (Fsp3) is 0.381. The Morgan fingerprint density at radius 1 is 1.22 bits per heavy atom. The number of nitrogens with zero attached hydrogens (tertiary/aromatic N) is 4. The van der Waals surface area contributed by atoms with Crippen LogP contribution in [-0.2, 0) is 17.8 Å². The van der Waals surface area contributed by atoms with Crippen LogP contribution in [0.25, 0.3) is 11.4 Å². The standard InChI is InChI=1S/C21H26N6O4S/c1-4-8-27-18(14-7-5-6-13(2)11-14)24-25-21(27)32-12-15(28)16-17(22)26(9-10-31-3)20(30)23-19(16)29/h5-7,11H,4,8-10,12,22H2,1-3H3,(H,23,29,30). The van der Waals surface area contributed by atoms with Crippen LogP contribution in [0.1, 0.15) is 29.3 Å². The van der Waals surface area contributed by atoms with E-state index in [1.54, 1.807) is 0 Å². The Labute approximate surface area is 188 Å². The number of ketones is 1. The molecule has 0 radical (unpaired) electrons. The number of Topliss-reactive ketones (excluding diaryl/α,β-unsaturated/α-hetero) is 1. The summed E-state index contributed by atoms with van der Waals surface area (Å²) in [6.45, 7) is 5.06. The van der Waals surface area contributed by atoms with Gasteiger partial charge in [-0.3, -0.25) is 19.1 Å². The Bertz CT molecular complexity index is 1230. The van der Waals surface area contributed by atoms with Gasteiger partial charge in [-0.1, -0.05) is 42.4 Å². The van der Waals surface area contributed by atoms with Crippen molar-refractivity contribution in [1.29, 1.82) is 0 Å². The second-order valence-electron chi connectivity index (χ2n) is 7.20. The number of nitrogen functional groups attached to an aromatic ring is 1. The molecule has 11 heteroatoms. The van der Waals surface area contributed by atoms with Gasteiger partial charge in [0.05, 0.1) is 18.9 Å². The smallest absolute Gasteiger partial charge is 0.330 e. The molecule has 0 aliphatic rings. The summed E-state index contributed by atoms with van der Waals surface area (Å²) in [7, 11) is 1.48. The van der Waals surface area contributed by atoms with Gasteiger partial charge in [0.25, 0.3) is 5.56 Å². The predicted molar refractivity (Wildman–Crippen MR) is 123 cm³/mol. The van der Waals surface area contributed by atoms with Gasteiger partial charge in [0.2, 0.25) is 0 Å². The normalized spacial score (nSPS) is 11.1. The second kappa shape index (κ2) is 10.4. The highest BCUT2D eigenvalue weighted by molar-refractivity contribution is 7.99. The molecule has 0 bridgehead atoms. The highest BCUT2D eigenvalue weighted by Crippen LogP contribution is 2.25. The summed E-state index contributed by atoms with van der Waals surface area (Å²) >= 11 is 1.17. The number of nitrogens with one attached hydrogen (secondary N) is 1. The van der Waals surface area contributed by atoms with Gasteiger partial charge in [0, 0.05) is 19.2 Å². The number of aryl methyl sites for hydroxylation is 1. The van der Waals surface area contributed by atoms with Gasteiger partial charge in [-0.2, -0.15) is 0 Å². The summed E-state index contributed by atoms with van der Waals surface area (Å²) in [5.41, 5.74) is 6.31. The average Bonchev–Trinajstić information content (AvgIpc) is 3.15. The molecule has 32 heavy (non-hydrogen) atoms. The third kappa shape index (κ3) is 5.00. The van der Waals surface area contributed by atoms with Crippen LogP contribution in [-0.4, -0.2) is 49.6 Å². The molecule has 10 nitrogen and oxygen atoms in total. The quantitative estimate of drug-likeness (QED) is 0.346. The Morgan fingerprint density at radius 3 is 2.69 bits per heavy atom. The molecule has 170 valence electrons. The van der Waals surface area contributed by atoms with Gasteiger partial charge < -0.3 is 15.0 Å². The van der Waals surface area contributed by atoms with E-state index in [2.05, 4.69) is 15.2 Å². The van der Waals surface area contributed by atoms with Crippen LogP contribution in [0.4, 0.5) is 5.82 Å².